The maximum atomic E-state index is 15.2. The van der Waals surface area contributed by atoms with Crippen molar-refractivity contribution in [2.45, 2.75) is 19.3 Å². The van der Waals surface area contributed by atoms with Crippen LogP contribution in [-0.4, -0.2) is 7.11 Å². The smallest absolute Gasteiger partial charge is 0.417 e. The molecule has 0 fully saturated rings. The van der Waals surface area contributed by atoms with E-state index >= 15 is 13.2 Å². The van der Waals surface area contributed by atoms with Gasteiger partial charge in [0.05, 0.1) is 18.2 Å². The van der Waals surface area contributed by atoms with Gasteiger partial charge >= 0.3 is 12.4 Å². The van der Waals surface area contributed by atoms with Crippen LogP contribution in [0.25, 0.3) is 44.5 Å². The normalized spacial score (nSPS) is 11.9. The van der Waals surface area contributed by atoms with Crippen LogP contribution in [0.3, 0.4) is 0 Å². The maximum Gasteiger partial charge on any atom is 0.417 e. The first-order valence-electron chi connectivity index (χ1n) is 12.7. The molecule has 0 saturated heterocycles. The second kappa shape index (κ2) is 10.8. The zero-order chi connectivity index (χ0) is 29.4. The Bertz CT molecular complexity index is 1670. The first kappa shape index (κ1) is 28.0. The Hall–Kier alpha value is -4.52. The van der Waals surface area contributed by atoms with E-state index in [9.17, 15) is 13.2 Å². The van der Waals surface area contributed by atoms with Crippen LogP contribution in [0, 0.1) is 6.92 Å². The second-order valence-electron chi connectivity index (χ2n) is 9.63. The third-order valence-electron chi connectivity index (χ3n) is 6.92. The molecule has 0 amide bonds. The van der Waals surface area contributed by atoms with Crippen LogP contribution in [0.15, 0.2) is 109 Å². The molecule has 0 saturated carbocycles. The van der Waals surface area contributed by atoms with Gasteiger partial charge in [-0.15, -0.1) is 0 Å². The first-order chi connectivity index (χ1) is 19.5. The van der Waals surface area contributed by atoms with Crippen molar-refractivity contribution < 1.29 is 31.1 Å². The van der Waals surface area contributed by atoms with E-state index in [2.05, 4.69) is 0 Å². The average molecular weight is 563 g/mol. The summed E-state index contributed by atoms with van der Waals surface area (Å²) in [6.07, 6.45) is -9.43. The first-order valence-corrected chi connectivity index (χ1v) is 12.7. The maximum absolute atomic E-state index is 15.2. The largest absolute Gasteiger partial charge is 0.497 e. The van der Waals surface area contributed by atoms with Crippen LogP contribution in [0.1, 0.15) is 16.7 Å². The lowest BCUT2D eigenvalue weighted by Gasteiger charge is -2.25. The molecule has 5 rings (SSSR count). The van der Waals surface area contributed by atoms with Gasteiger partial charge in [-0.2, -0.15) is 26.3 Å². The number of methoxy groups -OCH3 is 1. The van der Waals surface area contributed by atoms with Crippen molar-refractivity contribution in [3.63, 3.8) is 0 Å². The molecular weight excluding hydrogens is 538 g/mol. The molecular formula is C34H24F6O. The number of halogens is 6. The molecule has 0 spiro atoms. The number of benzene rings is 5. The molecule has 5 aromatic carbocycles. The molecule has 0 aliphatic carbocycles. The Morgan fingerprint density at radius 2 is 1.10 bits per heavy atom. The molecule has 5 aromatic rings. The summed E-state index contributed by atoms with van der Waals surface area (Å²) >= 11 is 0. The van der Waals surface area contributed by atoms with Crippen molar-refractivity contribution in [3.8, 4) is 50.3 Å². The molecule has 41 heavy (non-hydrogen) atoms. The molecule has 0 radical (unpaired) electrons. The molecule has 1 nitrogen and oxygen atoms in total. The van der Waals surface area contributed by atoms with Gasteiger partial charge in [0.1, 0.15) is 5.75 Å². The van der Waals surface area contributed by atoms with Crippen molar-refractivity contribution >= 4 is 0 Å². The molecule has 0 atom stereocenters. The standard InChI is InChI=1S/C34H24F6O/c1-21-11-13-24(14-12-21)31-30(23-15-17-27(41-2)18-16-23)28(25-9-6-10-26(19-25)33(35,36)37)20-29(32(31)34(38,39)40)22-7-4-3-5-8-22/h3-20H,1-2H3. The highest BCUT2D eigenvalue weighted by molar-refractivity contribution is 6.00. The van der Waals surface area contributed by atoms with Crippen molar-refractivity contribution in [2.75, 3.05) is 7.11 Å². The molecule has 208 valence electrons. The molecule has 0 aliphatic heterocycles. The van der Waals surface area contributed by atoms with E-state index in [1.165, 1.54) is 25.3 Å². The zero-order valence-corrected chi connectivity index (χ0v) is 22.1. The van der Waals surface area contributed by atoms with E-state index in [4.69, 9.17) is 4.74 Å². The molecule has 0 N–H and O–H groups in total. The summed E-state index contributed by atoms with van der Waals surface area (Å²) in [5.41, 5.74) is 0.390. The molecule has 0 bridgehead atoms. The van der Waals surface area contributed by atoms with Gasteiger partial charge in [0.15, 0.2) is 0 Å². The summed E-state index contributed by atoms with van der Waals surface area (Å²) in [6.45, 7) is 1.83. The van der Waals surface area contributed by atoms with E-state index in [0.29, 0.717) is 22.4 Å². The molecule has 0 aromatic heterocycles. The number of hydrogen-bond donors (Lipinski definition) is 0. The minimum atomic E-state index is -4.79. The van der Waals surface area contributed by atoms with Crippen LogP contribution < -0.4 is 4.74 Å². The van der Waals surface area contributed by atoms with Crippen molar-refractivity contribution in [2.24, 2.45) is 0 Å². The fourth-order valence-corrected chi connectivity index (χ4v) is 4.98. The van der Waals surface area contributed by atoms with Crippen LogP contribution in [0.5, 0.6) is 5.75 Å². The fraction of sp³-hybridized carbons (Fsp3) is 0.118. The Balaban J connectivity index is 2.00. The highest BCUT2D eigenvalue weighted by Gasteiger charge is 2.39. The lowest BCUT2D eigenvalue weighted by Crippen LogP contribution is -2.12. The zero-order valence-electron chi connectivity index (χ0n) is 22.1. The van der Waals surface area contributed by atoms with Gasteiger partial charge in [-0.25, -0.2) is 0 Å². The minimum absolute atomic E-state index is 0.114. The Labute approximate surface area is 233 Å². The second-order valence-corrected chi connectivity index (χ2v) is 9.63. The predicted molar refractivity (Wildman–Crippen MR) is 149 cm³/mol. The van der Waals surface area contributed by atoms with Gasteiger partial charge in [0, 0.05) is 5.56 Å². The molecule has 7 heteroatoms. The van der Waals surface area contributed by atoms with E-state index in [-0.39, 0.29) is 27.8 Å². The van der Waals surface area contributed by atoms with Gasteiger partial charge in [-0.3, -0.25) is 0 Å². The van der Waals surface area contributed by atoms with E-state index in [1.54, 1.807) is 78.9 Å². The monoisotopic (exact) mass is 562 g/mol. The Kier molecular flexibility index (Phi) is 7.39. The van der Waals surface area contributed by atoms with E-state index in [1.807, 2.05) is 6.92 Å². The third kappa shape index (κ3) is 5.71. The molecule has 0 unspecified atom stereocenters. The van der Waals surface area contributed by atoms with Gasteiger partial charge in [0.2, 0.25) is 0 Å². The van der Waals surface area contributed by atoms with Gasteiger partial charge in [0.25, 0.3) is 0 Å². The predicted octanol–water partition coefficient (Wildman–Crippen LogP) is 10.7. The highest BCUT2D eigenvalue weighted by atomic mass is 19.4. The number of ether oxygens (including phenoxy) is 1. The highest BCUT2D eigenvalue weighted by Crippen LogP contribution is 2.52. The summed E-state index contributed by atoms with van der Waals surface area (Å²) in [7, 11) is 1.47. The van der Waals surface area contributed by atoms with Crippen molar-refractivity contribution in [1.29, 1.82) is 0 Å². The summed E-state index contributed by atoms with van der Waals surface area (Å²) in [4.78, 5) is 0. The fourth-order valence-electron chi connectivity index (χ4n) is 4.98. The number of alkyl halides is 6. The van der Waals surface area contributed by atoms with Crippen LogP contribution >= 0.6 is 0 Å². The lowest BCUT2D eigenvalue weighted by atomic mass is 9.80. The van der Waals surface area contributed by atoms with Crippen LogP contribution in [-0.2, 0) is 12.4 Å². The third-order valence-corrected chi connectivity index (χ3v) is 6.92. The minimum Gasteiger partial charge on any atom is -0.497 e. The number of hydrogen-bond acceptors (Lipinski definition) is 1. The molecule has 0 heterocycles. The van der Waals surface area contributed by atoms with E-state index in [0.717, 1.165) is 17.7 Å². The topological polar surface area (TPSA) is 9.23 Å². The summed E-state index contributed by atoms with van der Waals surface area (Å²) in [5.74, 6) is 0.489. The van der Waals surface area contributed by atoms with Gasteiger partial charge in [-0.05, 0) is 76.2 Å². The number of aryl methyl sites for hydroxylation is 1. The Morgan fingerprint density at radius 1 is 0.512 bits per heavy atom. The average Bonchev–Trinajstić information content (AvgIpc) is 2.96. The van der Waals surface area contributed by atoms with Crippen molar-refractivity contribution in [3.05, 3.63) is 126 Å². The Morgan fingerprint density at radius 3 is 1.68 bits per heavy atom. The summed E-state index contributed by atoms with van der Waals surface area (Å²) < 4.78 is 92.1. The van der Waals surface area contributed by atoms with Gasteiger partial charge in [-0.1, -0.05) is 84.4 Å². The van der Waals surface area contributed by atoms with Crippen molar-refractivity contribution in [1.82, 2.24) is 0 Å². The molecule has 0 aliphatic rings. The van der Waals surface area contributed by atoms with Crippen LogP contribution in [0.2, 0.25) is 0 Å². The van der Waals surface area contributed by atoms with E-state index < -0.39 is 23.5 Å². The summed E-state index contributed by atoms with van der Waals surface area (Å²) in [6, 6.07) is 27.2. The lowest BCUT2D eigenvalue weighted by molar-refractivity contribution is -0.138. The SMILES string of the molecule is COc1ccc(-c2c(-c3cccc(C(F)(F)F)c3)cc(-c3ccccc3)c(C(F)(F)F)c2-c2ccc(C)cc2)cc1. The quantitative estimate of drug-likeness (QED) is 0.194. The number of rotatable bonds is 5. The summed E-state index contributed by atoms with van der Waals surface area (Å²) in [5, 5.41) is 0. The van der Waals surface area contributed by atoms with Gasteiger partial charge < -0.3 is 4.74 Å². The van der Waals surface area contributed by atoms with Crippen LogP contribution in [0.4, 0.5) is 26.3 Å².